The SMILES string of the molecule is NC(=O)c1nsc(C(=O)N(CC(=O)NC[C@@H]2CCCO2)C2CCCCC2)c1N. The van der Waals surface area contributed by atoms with E-state index in [0.29, 0.717) is 6.54 Å². The maximum atomic E-state index is 13.2. The summed E-state index contributed by atoms with van der Waals surface area (Å²) in [5, 5.41) is 2.86. The van der Waals surface area contributed by atoms with E-state index in [-0.39, 0.29) is 46.8 Å². The van der Waals surface area contributed by atoms with Crippen LogP contribution >= 0.6 is 11.5 Å². The number of carbonyl (C=O) groups excluding carboxylic acids is 3. The van der Waals surface area contributed by atoms with Crippen LogP contribution in [0.1, 0.15) is 65.1 Å². The number of ether oxygens (including phenoxy) is 1. The lowest BCUT2D eigenvalue weighted by Gasteiger charge is -2.33. The molecule has 1 atom stereocenters. The van der Waals surface area contributed by atoms with Crippen LogP contribution in [0, 0.1) is 0 Å². The summed E-state index contributed by atoms with van der Waals surface area (Å²) < 4.78 is 9.43. The Labute approximate surface area is 167 Å². The van der Waals surface area contributed by atoms with Crippen molar-refractivity contribution in [3.63, 3.8) is 0 Å². The molecule has 1 aromatic rings. The van der Waals surface area contributed by atoms with E-state index in [1.165, 1.54) is 0 Å². The van der Waals surface area contributed by atoms with Gasteiger partial charge in [0.15, 0.2) is 5.69 Å². The van der Waals surface area contributed by atoms with E-state index in [4.69, 9.17) is 16.2 Å². The molecule has 1 aliphatic heterocycles. The number of primary amides is 1. The van der Waals surface area contributed by atoms with Gasteiger partial charge >= 0.3 is 0 Å². The zero-order valence-electron chi connectivity index (χ0n) is 15.8. The van der Waals surface area contributed by atoms with Crippen molar-refractivity contribution >= 4 is 34.9 Å². The van der Waals surface area contributed by atoms with Crippen molar-refractivity contribution < 1.29 is 19.1 Å². The molecule has 2 heterocycles. The number of nitrogens with two attached hydrogens (primary N) is 2. The van der Waals surface area contributed by atoms with Gasteiger partial charge in [0.1, 0.15) is 11.4 Å². The van der Waals surface area contributed by atoms with Gasteiger partial charge < -0.3 is 26.4 Å². The van der Waals surface area contributed by atoms with Crippen LogP contribution in [-0.2, 0) is 9.53 Å². The van der Waals surface area contributed by atoms with Crippen LogP contribution in [0.25, 0.3) is 0 Å². The van der Waals surface area contributed by atoms with E-state index in [2.05, 4.69) is 9.69 Å². The highest BCUT2D eigenvalue weighted by molar-refractivity contribution is 7.09. The molecular formula is C18H27N5O4S. The van der Waals surface area contributed by atoms with Crippen LogP contribution in [0.2, 0.25) is 0 Å². The third-order valence-electron chi connectivity index (χ3n) is 5.30. The third-order valence-corrected chi connectivity index (χ3v) is 6.15. The number of aromatic nitrogens is 1. The van der Waals surface area contributed by atoms with Crippen molar-refractivity contribution in [1.82, 2.24) is 14.6 Å². The van der Waals surface area contributed by atoms with Gasteiger partial charge in [-0.25, -0.2) is 0 Å². The van der Waals surface area contributed by atoms with Crippen LogP contribution < -0.4 is 16.8 Å². The van der Waals surface area contributed by atoms with Crippen LogP contribution in [0.3, 0.4) is 0 Å². The second-order valence-corrected chi connectivity index (χ2v) is 8.08. The number of nitrogens with zero attached hydrogens (tertiary/aromatic N) is 2. The maximum Gasteiger partial charge on any atom is 0.270 e. The zero-order chi connectivity index (χ0) is 20.1. The van der Waals surface area contributed by atoms with Gasteiger partial charge in [-0.05, 0) is 37.2 Å². The van der Waals surface area contributed by atoms with Crippen molar-refractivity contribution in [2.45, 2.75) is 57.1 Å². The minimum absolute atomic E-state index is 0.0110. The van der Waals surface area contributed by atoms with Gasteiger partial charge in [-0.1, -0.05) is 19.3 Å². The summed E-state index contributed by atoms with van der Waals surface area (Å²) in [6.45, 7) is 1.11. The molecule has 3 rings (SSSR count). The zero-order valence-corrected chi connectivity index (χ0v) is 16.6. The Morgan fingerprint density at radius 1 is 1.18 bits per heavy atom. The van der Waals surface area contributed by atoms with E-state index in [1.807, 2.05) is 0 Å². The first-order valence-corrected chi connectivity index (χ1v) is 10.5. The topological polar surface area (TPSA) is 141 Å². The fourth-order valence-electron chi connectivity index (χ4n) is 3.76. The number of anilines is 1. The van der Waals surface area contributed by atoms with Crippen molar-refractivity contribution in [3.05, 3.63) is 10.6 Å². The smallest absolute Gasteiger partial charge is 0.270 e. The minimum atomic E-state index is -0.772. The predicted molar refractivity (Wildman–Crippen MR) is 105 cm³/mol. The van der Waals surface area contributed by atoms with Gasteiger partial charge in [0, 0.05) is 19.2 Å². The minimum Gasteiger partial charge on any atom is -0.395 e. The van der Waals surface area contributed by atoms with Crippen LogP contribution in [0.5, 0.6) is 0 Å². The number of hydrogen-bond donors (Lipinski definition) is 3. The van der Waals surface area contributed by atoms with Crippen LogP contribution in [-0.4, -0.2) is 58.8 Å². The van der Waals surface area contributed by atoms with Gasteiger partial charge in [-0.2, -0.15) is 4.37 Å². The maximum absolute atomic E-state index is 13.2. The first-order chi connectivity index (χ1) is 13.5. The number of hydrogen-bond acceptors (Lipinski definition) is 7. The van der Waals surface area contributed by atoms with Gasteiger partial charge in [0.05, 0.1) is 11.8 Å². The second-order valence-electron chi connectivity index (χ2n) is 7.30. The summed E-state index contributed by atoms with van der Waals surface area (Å²) in [4.78, 5) is 38.8. The molecule has 1 aliphatic carbocycles. The fourth-order valence-corrected chi connectivity index (χ4v) is 4.52. The van der Waals surface area contributed by atoms with E-state index in [9.17, 15) is 14.4 Å². The molecule has 5 N–H and O–H groups in total. The second kappa shape index (κ2) is 9.33. The Bertz CT molecular complexity index is 726. The van der Waals surface area contributed by atoms with Crippen LogP contribution in [0.15, 0.2) is 0 Å². The van der Waals surface area contributed by atoms with Gasteiger partial charge in [0.25, 0.3) is 11.8 Å². The van der Waals surface area contributed by atoms with Crippen molar-refractivity contribution in [1.29, 1.82) is 0 Å². The molecule has 1 aromatic heterocycles. The van der Waals surface area contributed by atoms with Gasteiger partial charge in [-0.3, -0.25) is 14.4 Å². The van der Waals surface area contributed by atoms with E-state index in [1.54, 1.807) is 4.90 Å². The number of rotatable bonds is 7. The molecule has 28 heavy (non-hydrogen) atoms. The number of amides is 3. The quantitative estimate of drug-likeness (QED) is 0.611. The molecule has 3 amide bonds. The molecule has 9 nitrogen and oxygen atoms in total. The molecule has 0 spiro atoms. The third kappa shape index (κ3) is 4.79. The van der Waals surface area contributed by atoms with Crippen LogP contribution in [0.4, 0.5) is 5.69 Å². The summed E-state index contributed by atoms with van der Waals surface area (Å²) >= 11 is 0.847. The highest BCUT2D eigenvalue weighted by Crippen LogP contribution is 2.28. The summed E-state index contributed by atoms with van der Waals surface area (Å²) in [5.74, 6) is -1.37. The Morgan fingerprint density at radius 2 is 1.93 bits per heavy atom. The van der Waals surface area contributed by atoms with Crippen molar-refractivity contribution in [2.75, 3.05) is 25.4 Å². The molecular weight excluding hydrogens is 382 g/mol. The first-order valence-electron chi connectivity index (χ1n) is 9.71. The molecule has 1 saturated heterocycles. The molecule has 0 bridgehead atoms. The summed E-state index contributed by atoms with van der Waals surface area (Å²) in [6.07, 6.45) is 6.79. The summed E-state index contributed by atoms with van der Waals surface area (Å²) in [7, 11) is 0. The number of nitrogens with one attached hydrogen (secondary N) is 1. The lowest BCUT2D eigenvalue weighted by molar-refractivity contribution is -0.122. The van der Waals surface area contributed by atoms with E-state index < -0.39 is 5.91 Å². The average Bonchev–Trinajstić information content (AvgIpc) is 3.34. The molecule has 0 aromatic carbocycles. The normalized spacial score (nSPS) is 20.1. The predicted octanol–water partition coefficient (Wildman–Crippen LogP) is 0.894. The lowest BCUT2D eigenvalue weighted by Crippen LogP contribution is -2.48. The lowest BCUT2D eigenvalue weighted by atomic mass is 9.94. The van der Waals surface area contributed by atoms with Gasteiger partial charge in [0.2, 0.25) is 5.91 Å². The molecule has 0 radical (unpaired) electrons. The fraction of sp³-hybridized carbons (Fsp3) is 0.667. The molecule has 2 aliphatic rings. The van der Waals surface area contributed by atoms with Crippen molar-refractivity contribution in [3.8, 4) is 0 Å². The van der Waals surface area contributed by atoms with Crippen molar-refractivity contribution in [2.24, 2.45) is 5.73 Å². The standard InChI is InChI=1S/C18H27N5O4S/c19-14-15(17(20)25)22-28-16(14)18(26)23(11-5-2-1-3-6-11)10-13(24)21-9-12-7-4-8-27-12/h11-12H,1-10,19H2,(H2,20,25)(H,21,24)/t12-/m0/s1. The average molecular weight is 410 g/mol. The monoisotopic (exact) mass is 409 g/mol. The van der Waals surface area contributed by atoms with Gasteiger partial charge in [-0.15, -0.1) is 0 Å². The summed E-state index contributed by atoms with van der Waals surface area (Å²) in [6, 6.07) is -0.0340. The number of nitrogen functional groups attached to an aromatic ring is 1. The Kier molecular flexibility index (Phi) is 6.84. The molecule has 10 heteroatoms. The number of carbonyl (C=O) groups is 3. The van der Waals surface area contributed by atoms with E-state index >= 15 is 0 Å². The highest BCUT2D eigenvalue weighted by atomic mass is 32.1. The Balaban J connectivity index is 1.71. The molecule has 2 fully saturated rings. The molecule has 0 unspecified atom stereocenters. The molecule has 1 saturated carbocycles. The largest absolute Gasteiger partial charge is 0.395 e. The van der Waals surface area contributed by atoms with E-state index in [0.717, 1.165) is 63.1 Å². The molecule has 154 valence electrons. The Morgan fingerprint density at radius 3 is 2.54 bits per heavy atom. The Hall–Kier alpha value is -2.20. The summed E-state index contributed by atoms with van der Waals surface area (Å²) in [5.41, 5.74) is 11.1. The highest BCUT2D eigenvalue weighted by Gasteiger charge is 2.32. The first kappa shape index (κ1) is 20.5.